The number of halogens is 1. The molecule has 2 rings (SSSR count). The lowest BCUT2D eigenvalue weighted by atomic mass is 10.3. The first-order valence-corrected chi connectivity index (χ1v) is 8.01. The summed E-state index contributed by atoms with van der Waals surface area (Å²) < 4.78 is 27.0. The second kappa shape index (κ2) is 5.27. The Bertz CT molecular complexity index is 727. The molecule has 0 fully saturated rings. The van der Waals surface area contributed by atoms with E-state index >= 15 is 0 Å². The Balaban J connectivity index is 2.34. The van der Waals surface area contributed by atoms with Crippen LogP contribution in [-0.4, -0.2) is 24.5 Å². The van der Waals surface area contributed by atoms with Gasteiger partial charge in [-0.15, -0.1) is 11.3 Å². The van der Waals surface area contributed by atoms with Crippen molar-refractivity contribution >= 4 is 48.9 Å². The maximum atomic E-state index is 12.1. The first-order valence-electron chi connectivity index (χ1n) is 4.85. The lowest BCUT2D eigenvalue weighted by molar-refractivity contribution is 0.0690. The van der Waals surface area contributed by atoms with Gasteiger partial charge in [-0.25, -0.2) is 18.2 Å². The summed E-state index contributed by atoms with van der Waals surface area (Å²) in [5.41, 5.74) is -0.0851. The van der Waals surface area contributed by atoms with Crippen molar-refractivity contribution < 1.29 is 18.3 Å². The molecule has 0 amide bonds. The van der Waals surface area contributed by atoms with Crippen LogP contribution in [0.15, 0.2) is 38.5 Å². The van der Waals surface area contributed by atoms with Crippen LogP contribution in [0.4, 0.5) is 5.69 Å². The van der Waals surface area contributed by atoms with Gasteiger partial charge in [0.1, 0.15) is 5.69 Å². The van der Waals surface area contributed by atoms with Gasteiger partial charge < -0.3 is 5.11 Å². The summed E-state index contributed by atoms with van der Waals surface area (Å²) in [5, 5.41) is 10.4. The highest BCUT2D eigenvalue weighted by atomic mass is 79.9. The maximum absolute atomic E-state index is 12.1. The van der Waals surface area contributed by atoms with Crippen molar-refractivity contribution in [2.75, 3.05) is 4.72 Å². The summed E-state index contributed by atoms with van der Waals surface area (Å²) in [5.74, 6) is -1.22. The van der Waals surface area contributed by atoms with Crippen LogP contribution < -0.4 is 4.72 Å². The predicted molar refractivity (Wildman–Crippen MR) is 74.0 cm³/mol. The SMILES string of the molecule is O=C(O)c1cc(NS(=O)(=O)c2sccc2Br)ccn1. The number of aromatic carboxylic acids is 1. The monoisotopic (exact) mass is 362 g/mol. The predicted octanol–water partition coefficient (Wildman–Crippen LogP) is 2.40. The second-order valence-electron chi connectivity index (χ2n) is 3.40. The van der Waals surface area contributed by atoms with Gasteiger partial charge in [-0.05, 0) is 39.5 Å². The number of nitrogens with zero attached hydrogens (tertiary/aromatic N) is 1. The van der Waals surface area contributed by atoms with Crippen LogP contribution in [0.1, 0.15) is 10.5 Å². The van der Waals surface area contributed by atoms with Crippen LogP contribution >= 0.6 is 27.3 Å². The fraction of sp³-hybridized carbons (Fsp3) is 0. The number of carboxylic acid groups (broad SMARTS) is 1. The van der Waals surface area contributed by atoms with E-state index in [2.05, 4.69) is 25.6 Å². The van der Waals surface area contributed by atoms with Gasteiger partial charge in [-0.2, -0.15) is 0 Å². The molecule has 19 heavy (non-hydrogen) atoms. The standard InChI is InChI=1S/C10H7BrN2O4S2/c11-7-2-4-18-10(7)19(16,17)13-6-1-3-12-8(5-6)9(14)15/h1-5H,(H,12,13)(H,14,15). The molecule has 2 N–H and O–H groups in total. The van der Waals surface area contributed by atoms with Gasteiger partial charge in [-0.3, -0.25) is 4.72 Å². The zero-order valence-electron chi connectivity index (χ0n) is 9.20. The number of carboxylic acids is 1. The highest BCUT2D eigenvalue weighted by molar-refractivity contribution is 9.10. The Labute approximate surface area is 121 Å². The number of sulfonamides is 1. The molecule has 0 aliphatic carbocycles. The lowest BCUT2D eigenvalue weighted by Crippen LogP contribution is -2.13. The fourth-order valence-electron chi connectivity index (χ4n) is 1.28. The molecule has 0 radical (unpaired) electrons. The molecule has 2 heterocycles. The third kappa shape index (κ3) is 3.11. The van der Waals surface area contributed by atoms with E-state index in [0.29, 0.717) is 4.47 Å². The number of hydrogen-bond acceptors (Lipinski definition) is 5. The fourth-order valence-corrected chi connectivity index (χ4v) is 4.67. The van der Waals surface area contributed by atoms with Crippen molar-refractivity contribution in [3.05, 3.63) is 39.9 Å². The van der Waals surface area contributed by atoms with Crippen LogP contribution in [0.2, 0.25) is 0 Å². The minimum Gasteiger partial charge on any atom is -0.477 e. The van der Waals surface area contributed by atoms with Gasteiger partial charge in [0.25, 0.3) is 10.0 Å². The van der Waals surface area contributed by atoms with Gasteiger partial charge in [-0.1, -0.05) is 0 Å². The average Bonchev–Trinajstić information content (AvgIpc) is 2.76. The lowest BCUT2D eigenvalue weighted by Gasteiger charge is -2.07. The van der Waals surface area contributed by atoms with E-state index < -0.39 is 16.0 Å². The zero-order valence-corrected chi connectivity index (χ0v) is 12.4. The Hall–Kier alpha value is -1.45. The Morgan fingerprint density at radius 1 is 1.42 bits per heavy atom. The molecule has 6 nitrogen and oxygen atoms in total. The summed E-state index contributed by atoms with van der Waals surface area (Å²) in [4.78, 5) is 14.4. The summed E-state index contributed by atoms with van der Waals surface area (Å²) in [6.45, 7) is 0. The van der Waals surface area contributed by atoms with Gasteiger partial charge in [0.05, 0.1) is 5.69 Å². The van der Waals surface area contributed by atoms with Crippen molar-refractivity contribution in [2.24, 2.45) is 0 Å². The molecule has 0 aromatic carbocycles. The average molecular weight is 363 g/mol. The van der Waals surface area contributed by atoms with Crippen LogP contribution in [0.25, 0.3) is 0 Å². The summed E-state index contributed by atoms with van der Waals surface area (Å²) in [7, 11) is -3.74. The zero-order chi connectivity index (χ0) is 14.0. The number of rotatable bonds is 4. The minimum atomic E-state index is -3.74. The number of carbonyl (C=O) groups is 1. The summed E-state index contributed by atoms with van der Waals surface area (Å²) in [6, 6.07) is 4.15. The van der Waals surface area contributed by atoms with Crippen molar-refractivity contribution in [3.8, 4) is 0 Å². The number of pyridine rings is 1. The molecular weight excluding hydrogens is 356 g/mol. The third-order valence-corrected chi connectivity index (χ3v) is 6.11. The Kier molecular flexibility index (Phi) is 3.88. The second-order valence-corrected chi connectivity index (χ2v) is 7.04. The van der Waals surface area contributed by atoms with Crippen LogP contribution in [0, 0.1) is 0 Å². The first kappa shape index (κ1) is 14.0. The molecule has 0 bridgehead atoms. The number of nitrogens with one attached hydrogen (secondary N) is 1. The Morgan fingerprint density at radius 2 is 2.16 bits per heavy atom. The van der Waals surface area contributed by atoms with Gasteiger partial charge in [0.2, 0.25) is 0 Å². The number of anilines is 1. The van der Waals surface area contributed by atoms with Crippen LogP contribution in [0.5, 0.6) is 0 Å². The molecular formula is C10H7BrN2O4S2. The molecule has 0 spiro atoms. The smallest absolute Gasteiger partial charge is 0.354 e. The largest absolute Gasteiger partial charge is 0.477 e. The van der Waals surface area contributed by atoms with E-state index in [0.717, 1.165) is 17.4 Å². The highest BCUT2D eigenvalue weighted by Gasteiger charge is 2.19. The summed E-state index contributed by atoms with van der Waals surface area (Å²) in [6.07, 6.45) is 1.23. The Morgan fingerprint density at radius 3 is 2.74 bits per heavy atom. The molecule has 2 aromatic rings. The van der Waals surface area contributed by atoms with E-state index in [4.69, 9.17) is 5.11 Å². The van der Waals surface area contributed by atoms with Gasteiger partial charge in [0.15, 0.2) is 4.21 Å². The van der Waals surface area contributed by atoms with Gasteiger partial charge >= 0.3 is 5.97 Å². The van der Waals surface area contributed by atoms with E-state index in [1.807, 2.05) is 0 Å². The molecule has 0 atom stereocenters. The van der Waals surface area contributed by atoms with Crippen molar-refractivity contribution in [3.63, 3.8) is 0 Å². The summed E-state index contributed by atoms with van der Waals surface area (Å²) >= 11 is 4.19. The maximum Gasteiger partial charge on any atom is 0.354 e. The highest BCUT2D eigenvalue weighted by Crippen LogP contribution is 2.29. The molecule has 100 valence electrons. The topological polar surface area (TPSA) is 96.4 Å². The molecule has 0 unspecified atom stereocenters. The van der Waals surface area contributed by atoms with Crippen molar-refractivity contribution in [1.29, 1.82) is 0 Å². The van der Waals surface area contributed by atoms with E-state index in [1.165, 1.54) is 12.3 Å². The number of hydrogen-bond donors (Lipinski definition) is 2. The van der Waals surface area contributed by atoms with Gasteiger partial charge in [0, 0.05) is 10.7 Å². The van der Waals surface area contributed by atoms with E-state index in [-0.39, 0.29) is 15.6 Å². The molecule has 9 heteroatoms. The first-order chi connectivity index (χ1) is 8.90. The van der Waals surface area contributed by atoms with Crippen LogP contribution in [0.3, 0.4) is 0 Å². The van der Waals surface area contributed by atoms with E-state index in [1.54, 1.807) is 11.4 Å². The normalized spacial score (nSPS) is 11.2. The molecule has 0 aliphatic heterocycles. The third-order valence-electron chi connectivity index (χ3n) is 2.06. The minimum absolute atomic E-state index is 0.126. The molecule has 0 saturated heterocycles. The molecule has 0 aliphatic rings. The molecule has 2 aromatic heterocycles. The van der Waals surface area contributed by atoms with Crippen molar-refractivity contribution in [2.45, 2.75) is 4.21 Å². The molecule has 0 saturated carbocycles. The van der Waals surface area contributed by atoms with E-state index in [9.17, 15) is 13.2 Å². The number of aromatic nitrogens is 1. The quantitative estimate of drug-likeness (QED) is 0.870. The van der Waals surface area contributed by atoms with Crippen LogP contribution in [-0.2, 0) is 10.0 Å². The number of thiophene rings is 1. The van der Waals surface area contributed by atoms with Crippen molar-refractivity contribution in [1.82, 2.24) is 4.98 Å².